The van der Waals surface area contributed by atoms with Crippen molar-refractivity contribution in [2.45, 2.75) is 13.5 Å². The van der Waals surface area contributed by atoms with E-state index in [1.807, 2.05) is 54.0 Å². The highest BCUT2D eigenvalue weighted by Gasteiger charge is 2.09. The van der Waals surface area contributed by atoms with Gasteiger partial charge in [0.2, 0.25) is 0 Å². The molecule has 0 radical (unpaired) electrons. The van der Waals surface area contributed by atoms with Crippen molar-refractivity contribution in [2.24, 2.45) is 0 Å². The van der Waals surface area contributed by atoms with Gasteiger partial charge in [-0.05, 0) is 42.8 Å². The zero-order chi connectivity index (χ0) is 17.6. The van der Waals surface area contributed by atoms with Crippen molar-refractivity contribution in [1.82, 2.24) is 20.1 Å². The molecule has 0 aliphatic rings. The van der Waals surface area contributed by atoms with Gasteiger partial charge in [-0.15, -0.1) is 10.2 Å². The van der Waals surface area contributed by atoms with E-state index in [0.29, 0.717) is 11.5 Å². The Morgan fingerprint density at radius 3 is 2.72 bits per heavy atom. The zero-order valence-electron chi connectivity index (χ0n) is 14.1. The molecule has 2 aromatic carbocycles. The van der Waals surface area contributed by atoms with Crippen LogP contribution in [0, 0.1) is 6.92 Å². The molecule has 3 aromatic rings. The minimum atomic E-state index is -0.313. The molecule has 7 heteroatoms. The molecule has 7 nitrogen and oxygen atoms in total. The lowest BCUT2D eigenvalue weighted by molar-refractivity contribution is 0.251. The smallest absolute Gasteiger partial charge is 0.319 e. The number of carbonyl (C=O) groups excluding carboxylic acids is 1. The average molecular weight is 337 g/mol. The predicted octanol–water partition coefficient (Wildman–Crippen LogP) is 2.91. The molecule has 0 aliphatic carbocycles. The highest BCUT2D eigenvalue weighted by atomic mass is 16.5. The highest BCUT2D eigenvalue weighted by molar-refractivity contribution is 5.89. The molecule has 1 heterocycles. The average Bonchev–Trinajstić information content (AvgIpc) is 3.09. The number of rotatable bonds is 5. The quantitative estimate of drug-likeness (QED) is 0.750. The van der Waals surface area contributed by atoms with E-state index < -0.39 is 0 Å². The van der Waals surface area contributed by atoms with Gasteiger partial charge in [0.05, 0.1) is 13.7 Å². The van der Waals surface area contributed by atoms with Crippen molar-refractivity contribution in [1.29, 1.82) is 0 Å². The van der Waals surface area contributed by atoms with Crippen LogP contribution < -0.4 is 15.4 Å². The Morgan fingerprint density at radius 1 is 1.20 bits per heavy atom. The summed E-state index contributed by atoms with van der Waals surface area (Å²) in [4.78, 5) is 12.1. The third kappa shape index (κ3) is 3.95. The Hall–Kier alpha value is -3.35. The number of amides is 2. The van der Waals surface area contributed by atoms with Gasteiger partial charge in [0.25, 0.3) is 0 Å². The molecule has 2 amide bonds. The van der Waals surface area contributed by atoms with E-state index in [1.165, 1.54) is 0 Å². The summed E-state index contributed by atoms with van der Waals surface area (Å²) in [5.74, 6) is 1.43. The van der Waals surface area contributed by atoms with Crippen LogP contribution in [0.4, 0.5) is 10.5 Å². The lowest BCUT2D eigenvalue weighted by atomic mass is 10.2. The fourth-order valence-electron chi connectivity index (χ4n) is 2.47. The van der Waals surface area contributed by atoms with E-state index in [4.69, 9.17) is 4.74 Å². The molecule has 0 bridgehead atoms. The molecule has 0 saturated carbocycles. The Kier molecular flexibility index (Phi) is 4.94. The number of urea groups is 1. The van der Waals surface area contributed by atoms with E-state index in [1.54, 1.807) is 19.5 Å². The molecule has 0 saturated heterocycles. The summed E-state index contributed by atoms with van der Waals surface area (Å²) in [6.45, 7) is 2.18. The monoisotopic (exact) mass is 337 g/mol. The van der Waals surface area contributed by atoms with Crippen LogP contribution in [0.15, 0.2) is 54.9 Å². The van der Waals surface area contributed by atoms with Crippen LogP contribution in [-0.2, 0) is 6.54 Å². The maximum absolute atomic E-state index is 12.1. The first kappa shape index (κ1) is 16.5. The Balaban J connectivity index is 1.62. The molecule has 0 aliphatic heterocycles. The minimum absolute atomic E-state index is 0.260. The number of anilines is 1. The summed E-state index contributed by atoms with van der Waals surface area (Å²) < 4.78 is 7.04. The van der Waals surface area contributed by atoms with E-state index in [9.17, 15) is 4.79 Å². The molecule has 2 N–H and O–H groups in total. The lowest BCUT2D eigenvalue weighted by Crippen LogP contribution is -2.29. The van der Waals surface area contributed by atoms with Crippen LogP contribution in [0.3, 0.4) is 0 Å². The predicted molar refractivity (Wildman–Crippen MR) is 94.9 cm³/mol. The third-order valence-electron chi connectivity index (χ3n) is 3.71. The van der Waals surface area contributed by atoms with Crippen LogP contribution >= 0.6 is 0 Å². The molecule has 3 rings (SSSR count). The number of hydrogen-bond acceptors (Lipinski definition) is 4. The number of ether oxygens (including phenoxy) is 1. The molecular weight excluding hydrogens is 318 g/mol. The molecule has 0 atom stereocenters. The second-order valence-electron chi connectivity index (χ2n) is 5.44. The number of methoxy groups -OCH3 is 1. The molecule has 25 heavy (non-hydrogen) atoms. The highest BCUT2D eigenvalue weighted by Crippen LogP contribution is 2.21. The van der Waals surface area contributed by atoms with Crippen molar-refractivity contribution in [2.75, 3.05) is 12.4 Å². The van der Waals surface area contributed by atoms with E-state index in [0.717, 1.165) is 17.0 Å². The fourth-order valence-corrected chi connectivity index (χ4v) is 2.47. The minimum Gasteiger partial charge on any atom is -0.496 e. The van der Waals surface area contributed by atoms with Crippen LogP contribution in [0.25, 0.3) is 5.69 Å². The number of benzene rings is 2. The van der Waals surface area contributed by atoms with Crippen LogP contribution in [0.5, 0.6) is 5.75 Å². The molecule has 0 spiro atoms. The number of carbonyl (C=O) groups is 1. The van der Waals surface area contributed by atoms with Gasteiger partial charge in [-0.25, -0.2) is 4.79 Å². The number of hydrogen-bond donors (Lipinski definition) is 2. The summed E-state index contributed by atoms with van der Waals surface area (Å²) in [6, 6.07) is 14.9. The number of para-hydroxylation sites is 1. The van der Waals surface area contributed by atoms with Crippen molar-refractivity contribution in [3.05, 3.63) is 66.2 Å². The Bertz CT molecular complexity index is 861. The molecule has 0 unspecified atom stereocenters. The van der Waals surface area contributed by atoms with Crippen LogP contribution in [0.2, 0.25) is 0 Å². The topological polar surface area (TPSA) is 81.1 Å². The number of aromatic nitrogens is 3. The zero-order valence-corrected chi connectivity index (χ0v) is 14.1. The second-order valence-corrected chi connectivity index (χ2v) is 5.44. The first-order valence-electron chi connectivity index (χ1n) is 7.81. The first-order valence-corrected chi connectivity index (χ1v) is 7.81. The molecule has 1 aromatic heterocycles. The van der Waals surface area contributed by atoms with E-state index in [2.05, 4.69) is 20.8 Å². The van der Waals surface area contributed by atoms with Crippen molar-refractivity contribution in [3.8, 4) is 11.4 Å². The van der Waals surface area contributed by atoms with Gasteiger partial charge in [-0.2, -0.15) is 0 Å². The number of aryl methyl sites for hydroxylation is 1. The van der Waals surface area contributed by atoms with Gasteiger partial charge in [0.15, 0.2) is 5.82 Å². The van der Waals surface area contributed by atoms with Gasteiger partial charge in [-0.3, -0.25) is 4.57 Å². The van der Waals surface area contributed by atoms with Crippen molar-refractivity contribution in [3.63, 3.8) is 0 Å². The second kappa shape index (κ2) is 7.48. The maximum atomic E-state index is 12.1. The van der Waals surface area contributed by atoms with Gasteiger partial charge < -0.3 is 15.4 Å². The maximum Gasteiger partial charge on any atom is 0.319 e. The molecule has 0 fully saturated rings. The normalized spacial score (nSPS) is 10.3. The number of nitrogens with zero attached hydrogens (tertiary/aromatic N) is 3. The summed E-state index contributed by atoms with van der Waals surface area (Å²) in [7, 11) is 1.62. The van der Waals surface area contributed by atoms with Crippen LogP contribution in [0.1, 0.15) is 11.4 Å². The lowest BCUT2D eigenvalue weighted by Gasteiger charge is -2.10. The summed E-state index contributed by atoms with van der Waals surface area (Å²) in [6.07, 6.45) is 1.62. The fraction of sp³-hybridized carbons (Fsp3) is 0.167. The van der Waals surface area contributed by atoms with Crippen molar-refractivity contribution < 1.29 is 9.53 Å². The Morgan fingerprint density at radius 2 is 2.00 bits per heavy atom. The SMILES string of the molecule is COc1ccc(NC(=O)NCc2nncn2-c2ccccc2)cc1C. The molecular formula is C18H19N5O2. The third-order valence-corrected chi connectivity index (χ3v) is 3.71. The largest absolute Gasteiger partial charge is 0.496 e. The van der Waals surface area contributed by atoms with E-state index >= 15 is 0 Å². The number of nitrogens with one attached hydrogen (secondary N) is 2. The van der Waals surface area contributed by atoms with Gasteiger partial charge >= 0.3 is 6.03 Å². The van der Waals surface area contributed by atoms with E-state index in [-0.39, 0.29) is 12.6 Å². The van der Waals surface area contributed by atoms with Gasteiger partial charge in [0.1, 0.15) is 12.1 Å². The van der Waals surface area contributed by atoms with Crippen molar-refractivity contribution >= 4 is 11.7 Å². The summed E-state index contributed by atoms with van der Waals surface area (Å²) >= 11 is 0. The first-order chi connectivity index (χ1) is 12.2. The summed E-state index contributed by atoms with van der Waals surface area (Å²) in [5, 5.41) is 13.6. The van der Waals surface area contributed by atoms with Gasteiger partial charge in [-0.1, -0.05) is 18.2 Å². The van der Waals surface area contributed by atoms with Gasteiger partial charge in [0, 0.05) is 11.4 Å². The van der Waals surface area contributed by atoms with Crippen LogP contribution in [-0.4, -0.2) is 27.9 Å². The standard InChI is InChI=1S/C18H19N5O2/c1-13-10-14(8-9-16(13)25-2)21-18(24)19-11-17-22-20-12-23(17)15-6-4-3-5-7-15/h3-10,12H,11H2,1-2H3,(H2,19,21,24). The Labute approximate surface area is 145 Å². The summed E-state index contributed by atoms with van der Waals surface area (Å²) in [5.41, 5.74) is 2.58. The molecule has 128 valence electrons.